The fraction of sp³-hybridized carbons (Fsp3) is 0.833. The third-order valence-electron chi connectivity index (χ3n) is 2.48. The van der Waals surface area contributed by atoms with Crippen molar-refractivity contribution >= 4 is 41.6 Å². The molecule has 1 rings (SSSR count). The van der Waals surface area contributed by atoms with Crippen LogP contribution in [0.3, 0.4) is 0 Å². The van der Waals surface area contributed by atoms with Crippen LogP contribution in [0.4, 0.5) is 0 Å². The summed E-state index contributed by atoms with van der Waals surface area (Å²) in [7, 11) is -21.4. The third-order valence-corrected chi connectivity index (χ3v) is 4.31. The number of ether oxygens (including phenoxy) is 1. The molecule has 1 radical (unpaired) electrons. The van der Waals surface area contributed by atoms with E-state index in [1.165, 1.54) is 0 Å². The molecule has 0 spiro atoms. The molecule has 1 aliphatic rings. The Kier molecular flexibility index (Phi) is 7.65. The molecule has 4 N–H and O–H groups in total. The van der Waals surface area contributed by atoms with Gasteiger partial charge in [-0.1, -0.05) is 0 Å². The monoisotopic (exact) mass is 483 g/mol. The lowest BCUT2D eigenvalue weighted by Gasteiger charge is -2.38. The van der Waals surface area contributed by atoms with Crippen LogP contribution in [0.1, 0.15) is 0 Å². The lowest BCUT2D eigenvalue weighted by atomic mass is 10.0. The van der Waals surface area contributed by atoms with Gasteiger partial charge in [-0.3, -0.25) is 18.2 Å². The topological polar surface area (TPSA) is 264 Å². The molecule has 161 valence electrons. The second kappa shape index (κ2) is 8.44. The van der Waals surface area contributed by atoms with Gasteiger partial charge in [-0.2, -0.15) is 33.7 Å². The minimum atomic E-state index is -5.46. The second-order valence-electron chi connectivity index (χ2n) is 4.49. The van der Waals surface area contributed by atoms with Crippen LogP contribution in [-0.2, 0) is 63.1 Å². The molecule has 0 aromatic heterocycles. The van der Waals surface area contributed by atoms with Gasteiger partial charge in [0, 0.05) is 0 Å². The highest BCUT2D eigenvalue weighted by atomic mass is 32.3. The van der Waals surface area contributed by atoms with Crippen LogP contribution >= 0.6 is 0 Å². The van der Waals surface area contributed by atoms with Crippen molar-refractivity contribution < 1.29 is 73.4 Å². The van der Waals surface area contributed by atoms with Crippen molar-refractivity contribution in [2.24, 2.45) is 0 Å². The maximum Gasteiger partial charge on any atom is 0.397 e. The highest BCUT2D eigenvalue weighted by Gasteiger charge is 2.49. The van der Waals surface area contributed by atoms with Crippen LogP contribution < -0.4 is 0 Å². The molecule has 1 saturated heterocycles. The molecule has 0 aromatic rings. The van der Waals surface area contributed by atoms with E-state index in [1.54, 1.807) is 0 Å². The van der Waals surface area contributed by atoms with Gasteiger partial charge in [-0.15, -0.1) is 0 Å². The summed E-state index contributed by atoms with van der Waals surface area (Å²) >= 11 is 0. The van der Waals surface area contributed by atoms with E-state index in [4.69, 9.17) is 18.2 Å². The van der Waals surface area contributed by atoms with Crippen molar-refractivity contribution in [3.8, 4) is 0 Å². The first-order chi connectivity index (χ1) is 11.9. The Morgan fingerprint density at radius 1 is 0.704 bits per heavy atom. The standard InChI is InChI=1S/C6H11O17S4/c7-24(8,9)20-2-3-5(22-26(13,14)15)6(23-27(16,17)18)4(1-19-3)21-25(10,11)12/h1,3-6H,2H2,(H,7,8,9)(H,10,11,12)(H,13,14,15)(H,16,17,18)/t3-,4-,5+,6+/m1/s1. The minimum absolute atomic E-state index is 0.283. The zero-order valence-corrected chi connectivity index (χ0v) is 15.6. The summed E-state index contributed by atoms with van der Waals surface area (Å²) in [4.78, 5) is 0. The predicted octanol–water partition coefficient (Wildman–Crippen LogP) is -3.07. The van der Waals surface area contributed by atoms with E-state index in [0.717, 1.165) is 0 Å². The average Bonchev–Trinajstić information content (AvgIpc) is 2.36. The Bertz CT molecular complexity index is 927. The van der Waals surface area contributed by atoms with Gasteiger partial charge >= 0.3 is 41.6 Å². The Hall–Kier alpha value is -0.560. The van der Waals surface area contributed by atoms with Gasteiger partial charge in [0.05, 0.1) is 6.61 Å². The first-order valence-corrected chi connectivity index (χ1v) is 11.4. The van der Waals surface area contributed by atoms with Gasteiger partial charge in [0.25, 0.3) is 0 Å². The molecule has 1 heterocycles. The van der Waals surface area contributed by atoms with Gasteiger partial charge in [-0.05, 0) is 0 Å². The highest BCUT2D eigenvalue weighted by Crippen LogP contribution is 2.29. The van der Waals surface area contributed by atoms with E-state index in [0.29, 0.717) is 0 Å². The van der Waals surface area contributed by atoms with Crippen molar-refractivity contribution in [3.05, 3.63) is 6.61 Å². The lowest BCUT2D eigenvalue weighted by Crippen LogP contribution is -2.57. The van der Waals surface area contributed by atoms with E-state index in [9.17, 15) is 33.7 Å². The Morgan fingerprint density at radius 2 is 1.15 bits per heavy atom. The largest absolute Gasteiger partial charge is 0.397 e. The van der Waals surface area contributed by atoms with Gasteiger partial charge in [0.2, 0.25) is 0 Å². The van der Waals surface area contributed by atoms with E-state index in [1.807, 2.05) is 0 Å². The van der Waals surface area contributed by atoms with Crippen molar-refractivity contribution in [1.29, 1.82) is 0 Å². The van der Waals surface area contributed by atoms with Crippen molar-refractivity contribution in [2.75, 3.05) is 6.61 Å². The molecule has 0 aliphatic carbocycles. The van der Waals surface area contributed by atoms with Gasteiger partial charge in [0.1, 0.15) is 31.0 Å². The molecular formula is C6H11O17S4. The molecule has 27 heavy (non-hydrogen) atoms. The first-order valence-electron chi connectivity index (χ1n) is 5.94. The highest BCUT2D eigenvalue weighted by molar-refractivity contribution is 7.81. The molecule has 17 nitrogen and oxygen atoms in total. The molecule has 21 heteroatoms. The summed E-state index contributed by atoms with van der Waals surface area (Å²) in [6.07, 6.45) is -9.23. The summed E-state index contributed by atoms with van der Waals surface area (Å²) in [5, 5.41) is 0. The van der Waals surface area contributed by atoms with Crippen LogP contribution in [0.5, 0.6) is 0 Å². The fourth-order valence-electron chi connectivity index (χ4n) is 1.74. The maximum atomic E-state index is 10.9. The summed E-state index contributed by atoms with van der Waals surface area (Å²) in [5.74, 6) is 0. The van der Waals surface area contributed by atoms with Crippen molar-refractivity contribution in [3.63, 3.8) is 0 Å². The first kappa shape index (κ1) is 24.5. The van der Waals surface area contributed by atoms with Crippen LogP contribution in [0.25, 0.3) is 0 Å². The van der Waals surface area contributed by atoms with Crippen LogP contribution in [0.2, 0.25) is 0 Å². The van der Waals surface area contributed by atoms with Gasteiger partial charge in [0.15, 0.2) is 0 Å². The fourth-order valence-corrected chi connectivity index (χ4v) is 3.50. The Labute approximate surface area is 152 Å². The minimum Gasteiger partial charge on any atom is -0.364 e. The second-order valence-corrected chi connectivity index (χ2v) is 8.72. The van der Waals surface area contributed by atoms with E-state index in [-0.39, 0.29) is 6.61 Å². The number of rotatable bonds is 9. The molecular weight excluding hydrogens is 472 g/mol. The van der Waals surface area contributed by atoms with E-state index < -0.39 is 72.6 Å². The smallest absolute Gasteiger partial charge is 0.364 e. The summed E-state index contributed by atoms with van der Waals surface area (Å²) in [5.41, 5.74) is 0. The van der Waals surface area contributed by atoms with E-state index in [2.05, 4.69) is 21.5 Å². The SMILES string of the molecule is O=S(=O)(O)OC[C@H]1O[CH][C@@H](OS(=O)(=O)O)[C@H](OS(=O)(=O)O)[C@H]1OS(=O)(=O)O. The average molecular weight is 483 g/mol. The maximum absolute atomic E-state index is 10.9. The normalized spacial score (nSPS) is 28.1. The Morgan fingerprint density at radius 3 is 1.56 bits per heavy atom. The van der Waals surface area contributed by atoms with Crippen LogP contribution in [0.15, 0.2) is 0 Å². The van der Waals surface area contributed by atoms with Crippen LogP contribution in [-0.4, -0.2) is 82.9 Å². The summed E-state index contributed by atoms with van der Waals surface area (Å²) in [6, 6.07) is 0. The predicted molar refractivity (Wildman–Crippen MR) is 75.9 cm³/mol. The molecule has 0 amide bonds. The molecule has 1 fully saturated rings. The molecule has 1 aliphatic heterocycles. The van der Waals surface area contributed by atoms with Gasteiger partial charge in [-0.25, -0.2) is 16.7 Å². The molecule has 0 unspecified atom stereocenters. The van der Waals surface area contributed by atoms with Crippen molar-refractivity contribution in [2.45, 2.75) is 24.4 Å². The van der Waals surface area contributed by atoms with Gasteiger partial charge < -0.3 is 4.74 Å². The summed E-state index contributed by atoms with van der Waals surface area (Å²) in [6.45, 7) is -0.995. The number of hydrogen-bond acceptors (Lipinski definition) is 13. The van der Waals surface area contributed by atoms with Crippen molar-refractivity contribution in [1.82, 2.24) is 0 Å². The molecule has 0 bridgehead atoms. The molecule has 0 aromatic carbocycles. The quantitative estimate of drug-likeness (QED) is 0.237. The van der Waals surface area contributed by atoms with E-state index >= 15 is 0 Å². The zero-order chi connectivity index (χ0) is 21.3. The van der Waals surface area contributed by atoms with Crippen LogP contribution in [0, 0.1) is 6.61 Å². The Balaban J connectivity index is 3.30. The lowest BCUT2D eigenvalue weighted by molar-refractivity contribution is -0.145. The summed E-state index contributed by atoms with van der Waals surface area (Å²) < 4.78 is 142. The zero-order valence-electron chi connectivity index (χ0n) is 12.3. The number of hydrogen-bond donors (Lipinski definition) is 4. The molecule has 4 atom stereocenters. The molecule has 0 saturated carbocycles. The third kappa shape index (κ3) is 9.97.